The Hall–Kier alpha value is -1.36. The van der Waals surface area contributed by atoms with Gasteiger partial charge in [-0.2, -0.15) is 5.10 Å². The molecule has 0 spiro atoms. The van der Waals surface area contributed by atoms with Crippen LogP contribution in [0.2, 0.25) is 0 Å². The Labute approximate surface area is 108 Å². The van der Waals surface area contributed by atoms with E-state index < -0.39 is 0 Å². The lowest BCUT2D eigenvalue weighted by Crippen LogP contribution is -2.50. The minimum absolute atomic E-state index is 0.0456. The van der Waals surface area contributed by atoms with Gasteiger partial charge in [0.05, 0.1) is 11.7 Å². The molecule has 1 aromatic heterocycles. The highest BCUT2D eigenvalue weighted by Gasteiger charge is 2.27. The Morgan fingerprint density at radius 2 is 2.44 bits per heavy atom. The number of aromatic nitrogens is 2. The van der Waals surface area contributed by atoms with Crippen LogP contribution in [0, 0.1) is 12.8 Å². The molecule has 2 N–H and O–H groups in total. The van der Waals surface area contributed by atoms with Gasteiger partial charge in [-0.05, 0) is 32.2 Å². The average molecular weight is 250 g/mol. The number of nitrogens with zero attached hydrogens (tertiary/aromatic N) is 2. The third kappa shape index (κ3) is 2.90. The van der Waals surface area contributed by atoms with Gasteiger partial charge in [0, 0.05) is 25.4 Å². The van der Waals surface area contributed by atoms with Gasteiger partial charge < -0.3 is 10.6 Å². The minimum Gasteiger partial charge on any atom is -0.351 e. The molecule has 1 amide bonds. The SMILES string of the molecule is Cc1nn(C)cc1CNC(=O)C1NCCCC1C. The summed E-state index contributed by atoms with van der Waals surface area (Å²) in [5, 5.41) is 10.6. The Bertz CT molecular complexity index is 427. The first-order chi connectivity index (χ1) is 8.58. The average Bonchev–Trinajstić information content (AvgIpc) is 2.65. The fraction of sp³-hybridized carbons (Fsp3) is 0.692. The number of carbonyl (C=O) groups excluding carboxylic acids is 1. The van der Waals surface area contributed by atoms with Crippen molar-refractivity contribution in [2.45, 2.75) is 39.3 Å². The van der Waals surface area contributed by atoms with E-state index >= 15 is 0 Å². The van der Waals surface area contributed by atoms with E-state index in [1.807, 2.05) is 20.2 Å². The zero-order valence-electron chi connectivity index (χ0n) is 11.4. The highest BCUT2D eigenvalue weighted by atomic mass is 16.2. The molecule has 1 saturated heterocycles. The van der Waals surface area contributed by atoms with Crippen LogP contribution in [0.3, 0.4) is 0 Å². The predicted octanol–water partition coefficient (Wildman–Crippen LogP) is 0.733. The first kappa shape index (κ1) is 13.1. The molecule has 5 heteroatoms. The highest BCUT2D eigenvalue weighted by Crippen LogP contribution is 2.15. The topological polar surface area (TPSA) is 59.0 Å². The van der Waals surface area contributed by atoms with E-state index in [4.69, 9.17) is 0 Å². The van der Waals surface area contributed by atoms with Crippen molar-refractivity contribution in [2.24, 2.45) is 13.0 Å². The number of hydrogen-bond donors (Lipinski definition) is 2. The lowest BCUT2D eigenvalue weighted by Gasteiger charge is -2.28. The van der Waals surface area contributed by atoms with Gasteiger partial charge in [-0.3, -0.25) is 9.48 Å². The van der Waals surface area contributed by atoms with E-state index in [0.717, 1.165) is 30.6 Å². The predicted molar refractivity (Wildman–Crippen MR) is 70.0 cm³/mol. The molecule has 1 aliphatic rings. The molecule has 2 atom stereocenters. The highest BCUT2D eigenvalue weighted by molar-refractivity contribution is 5.82. The summed E-state index contributed by atoms with van der Waals surface area (Å²) in [6, 6.07) is -0.0456. The van der Waals surface area contributed by atoms with Crippen LogP contribution in [-0.2, 0) is 18.4 Å². The summed E-state index contributed by atoms with van der Waals surface area (Å²) in [5.41, 5.74) is 2.05. The molecule has 0 saturated carbocycles. The standard InChI is InChI=1S/C13H22N4O/c1-9-5-4-6-14-12(9)13(18)15-7-11-8-17(3)16-10(11)2/h8-9,12,14H,4-7H2,1-3H3,(H,15,18). The number of carbonyl (C=O) groups is 1. The normalized spacial score (nSPS) is 23.9. The number of rotatable bonds is 3. The van der Waals surface area contributed by atoms with Gasteiger partial charge in [-0.15, -0.1) is 0 Å². The number of aryl methyl sites for hydroxylation is 2. The smallest absolute Gasteiger partial charge is 0.237 e. The Kier molecular flexibility index (Phi) is 4.01. The van der Waals surface area contributed by atoms with Crippen LogP contribution in [0.1, 0.15) is 31.0 Å². The minimum atomic E-state index is -0.0456. The number of amides is 1. The fourth-order valence-electron chi connectivity index (χ4n) is 2.52. The second kappa shape index (κ2) is 5.52. The molecule has 0 aromatic carbocycles. The zero-order chi connectivity index (χ0) is 13.1. The summed E-state index contributed by atoms with van der Waals surface area (Å²) in [5.74, 6) is 0.513. The van der Waals surface area contributed by atoms with Gasteiger partial charge in [-0.1, -0.05) is 6.92 Å². The van der Waals surface area contributed by atoms with Gasteiger partial charge in [-0.25, -0.2) is 0 Å². The number of nitrogens with one attached hydrogen (secondary N) is 2. The molecule has 2 rings (SSSR count). The van der Waals surface area contributed by atoms with Crippen molar-refractivity contribution >= 4 is 5.91 Å². The molecule has 0 aliphatic carbocycles. The first-order valence-electron chi connectivity index (χ1n) is 6.58. The largest absolute Gasteiger partial charge is 0.351 e. The van der Waals surface area contributed by atoms with Crippen LogP contribution in [0.15, 0.2) is 6.20 Å². The van der Waals surface area contributed by atoms with Gasteiger partial charge in [0.25, 0.3) is 0 Å². The van der Waals surface area contributed by atoms with Crippen LogP contribution in [0.4, 0.5) is 0 Å². The summed E-state index contributed by atoms with van der Waals surface area (Å²) in [7, 11) is 1.89. The van der Waals surface area contributed by atoms with E-state index in [1.54, 1.807) is 4.68 Å². The molecule has 5 nitrogen and oxygen atoms in total. The van der Waals surface area contributed by atoms with Crippen molar-refractivity contribution in [1.82, 2.24) is 20.4 Å². The molecule has 2 heterocycles. The molecule has 0 bridgehead atoms. The van der Waals surface area contributed by atoms with Gasteiger partial charge in [0.15, 0.2) is 0 Å². The van der Waals surface area contributed by atoms with Crippen molar-refractivity contribution < 1.29 is 4.79 Å². The maximum absolute atomic E-state index is 12.1. The van der Waals surface area contributed by atoms with E-state index in [9.17, 15) is 4.79 Å². The van der Waals surface area contributed by atoms with Crippen LogP contribution in [-0.4, -0.2) is 28.3 Å². The fourth-order valence-corrected chi connectivity index (χ4v) is 2.52. The summed E-state index contributed by atoms with van der Waals surface area (Å²) >= 11 is 0. The second-order valence-electron chi connectivity index (χ2n) is 5.18. The van der Waals surface area contributed by atoms with Crippen molar-refractivity contribution in [1.29, 1.82) is 0 Å². The van der Waals surface area contributed by atoms with Crippen molar-refractivity contribution in [3.8, 4) is 0 Å². The van der Waals surface area contributed by atoms with Gasteiger partial charge in [0.1, 0.15) is 0 Å². The molecule has 18 heavy (non-hydrogen) atoms. The lowest BCUT2D eigenvalue weighted by atomic mass is 9.92. The monoisotopic (exact) mass is 250 g/mol. The van der Waals surface area contributed by atoms with E-state index in [0.29, 0.717) is 12.5 Å². The summed E-state index contributed by atoms with van der Waals surface area (Å²) in [4.78, 5) is 12.1. The maximum atomic E-state index is 12.1. The number of piperidine rings is 1. The Balaban J connectivity index is 1.89. The van der Waals surface area contributed by atoms with Crippen LogP contribution >= 0.6 is 0 Å². The molecule has 1 aliphatic heterocycles. The summed E-state index contributed by atoms with van der Waals surface area (Å²) in [6.07, 6.45) is 4.23. The van der Waals surface area contributed by atoms with Crippen molar-refractivity contribution in [3.63, 3.8) is 0 Å². The molecular formula is C13H22N4O. The molecule has 2 unspecified atom stereocenters. The first-order valence-corrected chi connectivity index (χ1v) is 6.58. The third-order valence-corrected chi connectivity index (χ3v) is 3.62. The van der Waals surface area contributed by atoms with Crippen LogP contribution in [0.5, 0.6) is 0 Å². The Morgan fingerprint density at radius 3 is 3.06 bits per heavy atom. The third-order valence-electron chi connectivity index (χ3n) is 3.62. The molecule has 1 fully saturated rings. The van der Waals surface area contributed by atoms with E-state index in [1.165, 1.54) is 0 Å². The van der Waals surface area contributed by atoms with Gasteiger partial charge >= 0.3 is 0 Å². The summed E-state index contributed by atoms with van der Waals surface area (Å²) in [6.45, 7) is 5.59. The van der Waals surface area contributed by atoms with Gasteiger partial charge in [0.2, 0.25) is 5.91 Å². The zero-order valence-corrected chi connectivity index (χ0v) is 11.4. The molecular weight excluding hydrogens is 228 g/mol. The number of hydrogen-bond acceptors (Lipinski definition) is 3. The summed E-state index contributed by atoms with van der Waals surface area (Å²) < 4.78 is 1.78. The second-order valence-corrected chi connectivity index (χ2v) is 5.18. The molecule has 100 valence electrons. The maximum Gasteiger partial charge on any atom is 0.237 e. The Morgan fingerprint density at radius 1 is 1.67 bits per heavy atom. The van der Waals surface area contributed by atoms with E-state index in [2.05, 4.69) is 22.7 Å². The molecule has 1 aromatic rings. The van der Waals surface area contributed by atoms with Crippen LogP contribution in [0.25, 0.3) is 0 Å². The van der Waals surface area contributed by atoms with Crippen LogP contribution < -0.4 is 10.6 Å². The van der Waals surface area contributed by atoms with Crippen molar-refractivity contribution in [3.05, 3.63) is 17.5 Å². The quantitative estimate of drug-likeness (QED) is 0.831. The van der Waals surface area contributed by atoms with E-state index in [-0.39, 0.29) is 11.9 Å². The van der Waals surface area contributed by atoms with Crippen molar-refractivity contribution in [2.75, 3.05) is 6.54 Å². The lowest BCUT2D eigenvalue weighted by molar-refractivity contribution is -0.125. The molecule has 0 radical (unpaired) electrons.